The number of ketones is 1. The summed E-state index contributed by atoms with van der Waals surface area (Å²) in [5.41, 5.74) is 0.469. The molecule has 4 rings (SSSR count). The van der Waals surface area contributed by atoms with Crippen LogP contribution in [0.25, 0.3) is 11.4 Å². The van der Waals surface area contributed by atoms with Gasteiger partial charge < -0.3 is 19.3 Å². The van der Waals surface area contributed by atoms with Crippen LogP contribution in [-0.2, 0) is 16.0 Å². The summed E-state index contributed by atoms with van der Waals surface area (Å²) in [6.45, 7) is 1.92. The van der Waals surface area contributed by atoms with Gasteiger partial charge in [0.05, 0.1) is 31.9 Å². The summed E-state index contributed by atoms with van der Waals surface area (Å²) in [6.07, 6.45) is -5.26. The highest BCUT2D eigenvalue weighted by Gasteiger charge is 2.32. The monoisotopic (exact) mass is 490 g/mol. The average Bonchev–Trinajstić information content (AvgIpc) is 3.29. The van der Waals surface area contributed by atoms with Gasteiger partial charge in [0.25, 0.3) is 0 Å². The third kappa shape index (κ3) is 6.87. The Kier molecular flexibility index (Phi) is 7.42. The Morgan fingerprint density at radius 1 is 1.09 bits per heavy atom. The van der Waals surface area contributed by atoms with Crippen molar-refractivity contribution in [3.05, 3.63) is 60.0 Å². The van der Waals surface area contributed by atoms with Crippen molar-refractivity contribution in [2.75, 3.05) is 38.2 Å². The number of ether oxygens (including phenoxy) is 2. The van der Waals surface area contributed by atoms with Gasteiger partial charge in [0.2, 0.25) is 17.6 Å². The Morgan fingerprint density at radius 2 is 1.83 bits per heavy atom. The van der Waals surface area contributed by atoms with E-state index >= 15 is 0 Å². The number of carbonyl (C=O) groups excluding carboxylic acids is 2. The number of alkyl halides is 3. The topological polar surface area (TPSA) is 107 Å². The number of rotatable bonds is 8. The second kappa shape index (κ2) is 10.7. The van der Waals surface area contributed by atoms with Gasteiger partial charge in [-0.3, -0.25) is 14.5 Å². The third-order valence-corrected chi connectivity index (χ3v) is 5.08. The minimum absolute atomic E-state index is 0.0423. The van der Waals surface area contributed by atoms with Crippen molar-refractivity contribution < 1.29 is 36.8 Å². The van der Waals surface area contributed by atoms with Gasteiger partial charge in [-0.2, -0.15) is 4.98 Å². The van der Waals surface area contributed by atoms with Gasteiger partial charge in [0, 0.05) is 24.2 Å². The van der Waals surface area contributed by atoms with E-state index in [1.165, 1.54) is 6.07 Å². The molecule has 184 valence electrons. The summed E-state index contributed by atoms with van der Waals surface area (Å²) in [6, 6.07) is 12.3. The molecule has 1 fully saturated rings. The Labute approximate surface area is 197 Å². The second-order valence-corrected chi connectivity index (χ2v) is 7.67. The number of amides is 1. The molecular formula is C23H21F3N4O5. The van der Waals surface area contributed by atoms with Crippen LogP contribution in [0, 0.1) is 0 Å². The van der Waals surface area contributed by atoms with Gasteiger partial charge in [0.15, 0.2) is 11.5 Å². The lowest BCUT2D eigenvalue weighted by molar-refractivity contribution is -0.274. The quantitative estimate of drug-likeness (QED) is 0.480. The average molecular weight is 490 g/mol. The van der Waals surface area contributed by atoms with Crippen LogP contribution in [0.2, 0.25) is 0 Å². The number of hydrogen-bond acceptors (Lipinski definition) is 8. The smallest absolute Gasteiger partial charge is 0.404 e. The van der Waals surface area contributed by atoms with Gasteiger partial charge in [-0.05, 0) is 18.2 Å². The number of aromatic nitrogens is 2. The molecule has 0 radical (unpaired) electrons. The zero-order valence-electron chi connectivity index (χ0n) is 18.4. The first kappa shape index (κ1) is 24.4. The van der Waals surface area contributed by atoms with E-state index in [2.05, 4.69) is 20.2 Å². The zero-order valence-corrected chi connectivity index (χ0v) is 18.4. The lowest BCUT2D eigenvalue weighted by Gasteiger charge is -2.26. The maximum absolute atomic E-state index is 12.9. The molecule has 1 aromatic heterocycles. The summed E-state index contributed by atoms with van der Waals surface area (Å²) >= 11 is 0. The fourth-order valence-corrected chi connectivity index (χ4v) is 3.44. The number of nitrogens with zero attached hydrogens (tertiary/aromatic N) is 3. The van der Waals surface area contributed by atoms with Crippen LogP contribution in [0.1, 0.15) is 16.2 Å². The molecule has 0 aliphatic carbocycles. The largest absolute Gasteiger partial charge is 0.573 e. The van der Waals surface area contributed by atoms with E-state index in [0.29, 0.717) is 37.7 Å². The van der Waals surface area contributed by atoms with Crippen LogP contribution in [0.15, 0.2) is 53.1 Å². The van der Waals surface area contributed by atoms with Crippen LogP contribution in [0.3, 0.4) is 0 Å². The minimum Gasteiger partial charge on any atom is -0.404 e. The Bertz CT molecular complexity index is 1180. The summed E-state index contributed by atoms with van der Waals surface area (Å²) in [5, 5.41) is 6.26. The molecule has 0 spiro atoms. The third-order valence-electron chi connectivity index (χ3n) is 5.08. The highest BCUT2D eigenvalue weighted by Crippen LogP contribution is 2.31. The van der Waals surface area contributed by atoms with Crippen LogP contribution in [-0.4, -0.2) is 65.9 Å². The molecule has 0 saturated carbocycles. The first-order valence-corrected chi connectivity index (χ1v) is 10.7. The maximum atomic E-state index is 12.9. The normalized spacial score (nSPS) is 14.5. The van der Waals surface area contributed by atoms with E-state index in [9.17, 15) is 22.8 Å². The number of Topliss-reactive ketones (excluding diaryl/α,β-unsaturated/α-hetero) is 1. The summed E-state index contributed by atoms with van der Waals surface area (Å²) < 4.78 is 53.0. The molecule has 1 saturated heterocycles. The number of nitrogens with one attached hydrogen (secondary N) is 1. The molecule has 1 N–H and O–H groups in total. The van der Waals surface area contributed by atoms with E-state index in [4.69, 9.17) is 9.26 Å². The maximum Gasteiger partial charge on any atom is 0.573 e. The molecule has 1 aliphatic rings. The number of carbonyl (C=O) groups is 2. The number of anilines is 1. The number of hydrogen-bond donors (Lipinski definition) is 1. The Morgan fingerprint density at radius 3 is 2.54 bits per heavy atom. The van der Waals surface area contributed by atoms with Crippen LogP contribution < -0.4 is 10.1 Å². The predicted molar refractivity (Wildman–Crippen MR) is 117 cm³/mol. The molecule has 9 nitrogen and oxygen atoms in total. The summed E-state index contributed by atoms with van der Waals surface area (Å²) in [4.78, 5) is 31.2. The molecule has 1 amide bonds. The van der Waals surface area contributed by atoms with Gasteiger partial charge in [-0.25, -0.2) is 0 Å². The fraction of sp³-hybridized carbons (Fsp3) is 0.304. The van der Waals surface area contributed by atoms with E-state index in [1.54, 1.807) is 29.2 Å². The first-order chi connectivity index (χ1) is 16.8. The van der Waals surface area contributed by atoms with Gasteiger partial charge in [-0.1, -0.05) is 35.5 Å². The molecule has 0 bridgehead atoms. The number of halogens is 3. The fourth-order valence-electron chi connectivity index (χ4n) is 3.44. The first-order valence-electron chi connectivity index (χ1n) is 10.7. The van der Waals surface area contributed by atoms with Crippen molar-refractivity contribution in [1.82, 2.24) is 15.0 Å². The molecule has 2 heterocycles. The van der Waals surface area contributed by atoms with Crippen LogP contribution in [0.5, 0.6) is 5.75 Å². The lowest BCUT2D eigenvalue weighted by Crippen LogP contribution is -2.41. The SMILES string of the molecule is O=C(CN1CCOCC1)Nc1cc(C(=O)Cc2nc(-c3ccccc3)no2)ccc1OC(F)(F)F. The number of benzene rings is 2. The van der Waals surface area contributed by atoms with Crippen molar-refractivity contribution in [3.63, 3.8) is 0 Å². The predicted octanol–water partition coefficient (Wildman–Crippen LogP) is 3.33. The molecule has 0 unspecified atom stereocenters. The highest BCUT2D eigenvalue weighted by molar-refractivity contribution is 6.00. The van der Waals surface area contributed by atoms with E-state index in [0.717, 1.165) is 12.1 Å². The molecule has 3 aromatic rings. The van der Waals surface area contributed by atoms with Crippen molar-refractivity contribution >= 4 is 17.4 Å². The standard InChI is InChI=1S/C23H21F3N4O5/c24-23(25,26)34-19-7-6-16(12-17(19)27-20(32)14-30-8-10-33-11-9-30)18(31)13-21-28-22(29-35-21)15-4-2-1-3-5-15/h1-7,12H,8-11,13-14H2,(H,27,32). The van der Waals surface area contributed by atoms with Crippen molar-refractivity contribution in [3.8, 4) is 17.1 Å². The van der Waals surface area contributed by atoms with Crippen LogP contribution >= 0.6 is 0 Å². The molecule has 2 aromatic carbocycles. The molecular weight excluding hydrogens is 469 g/mol. The number of morpholine rings is 1. The molecule has 0 atom stereocenters. The van der Waals surface area contributed by atoms with Gasteiger partial charge >= 0.3 is 6.36 Å². The van der Waals surface area contributed by atoms with Crippen LogP contribution in [0.4, 0.5) is 18.9 Å². The summed E-state index contributed by atoms with van der Waals surface area (Å²) in [7, 11) is 0. The lowest BCUT2D eigenvalue weighted by atomic mass is 10.1. The van der Waals surface area contributed by atoms with E-state index in [-0.39, 0.29) is 30.1 Å². The second-order valence-electron chi connectivity index (χ2n) is 7.67. The van der Waals surface area contributed by atoms with Gasteiger partial charge in [-0.15, -0.1) is 13.2 Å². The van der Waals surface area contributed by atoms with Crippen molar-refractivity contribution in [2.24, 2.45) is 0 Å². The molecule has 35 heavy (non-hydrogen) atoms. The molecule has 12 heteroatoms. The zero-order chi connectivity index (χ0) is 24.8. The van der Waals surface area contributed by atoms with Crippen molar-refractivity contribution in [1.29, 1.82) is 0 Å². The Hall–Kier alpha value is -3.77. The van der Waals surface area contributed by atoms with E-state index in [1.807, 2.05) is 6.07 Å². The Balaban J connectivity index is 1.49. The van der Waals surface area contributed by atoms with E-state index < -0.39 is 23.8 Å². The van der Waals surface area contributed by atoms with Crippen molar-refractivity contribution in [2.45, 2.75) is 12.8 Å². The summed E-state index contributed by atoms with van der Waals surface area (Å²) in [5.74, 6) is -1.32. The minimum atomic E-state index is -4.98. The van der Waals surface area contributed by atoms with Gasteiger partial charge in [0.1, 0.15) is 0 Å². The molecule has 1 aliphatic heterocycles. The highest BCUT2D eigenvalue weighted by atomic mass is 19.4.